The average molecular weight is 443 g/mol. The maximum atomic E-state index is 13.5. The molecule has 3 rings (SSSR count). The number of hydrogen-bond acceptors (Lipinski definition) is 3. The van der Waals surface area contributed by atoms with Crippen molar-refractivity contribution in [3.63, 3.8) is 0 Å². The van der Waals surface area contributed by atoms with E-state index in [2.05, 4.69) is 5.32 Å². The maximum absolute atomic E-state index is 13.5. The molecule has 5 nitrogen and oxygen atoms in total. The van der Waals surface area contributed by atoms with Gasteiger partial charge in [-0.25, -0.2) is 0 Å². The lowest BCUT2D eigenvalue weighted by molar-refractivity contribution is -0.128. The first kappa shape index (κ1) is 23.8. The van der Waals surface area contributed by atoms with E-state index in [0.717, 1.165) is 33.5 Å². The molecule has 0 unspecified atom stereocenters. The number of ether oxygens (including phenoxy) is 1. The minimum atomic E-state index is -0.250. The Labute approximate surface area is 195 Å². The van der Waals surface area contributed by atoms with E-state index in [4.69, 9.17) is 4.74 Å². The first-order valence-electron chi connectivity index (χ1n) is 10.8. The molecule has 1 N–H and O–H groups in total. The van der Waals surface area contributed by atoms with E-state index in [9.17, 15) is 9.59 Å². The minimum absolute atomic E-state index is 0.0678. The number of methoxy groups -OCH3 is 1. The SMILES string of the molecule is COc1ccccc1/C=C(/C(=O)N(C)CC(=O)Nc1c(C)cc(C)cc1C)c1ccccc1. The summed E-state index contributed by atoms with van der Waals surface area (Å²) in [4.78, 5) is 27.7. The van der Waals surface area contributed by atoms with Crippen LogP contribution < -0.4 is 10.1 Å². The summed E-state index contributed by atoms with van der Waals surface area (Å²) in [6.07, 6.45) is 1.80. The second-order valence-electron chi connectivity index (χ2n) is 8.15. The second kappa shape index (κ2) is 10.6. The van der Waals surface area contributed by atoms with E-state index in [1.807, 2.05) is 87.5 Å². The van der Waals surface area contributed by atoms with Crippen LogP contribution in [0.2, 0.25) is 0 Å². The Morgan fingerprint density at radius 1 is 0.939 bits per heavy atom. The summed E-state index contributed by atoms with van der Waals surface area (Å²) in [5, 5.41) is 2.97. The highest BCUT2D eigenvalue weighted by molar-refractivity contribution is 6.24. The number of hydrogen-bond donors (Lipinski definition) is 1. The van der Waals surface area contributed by atoms with E-state index in [1.54, 1.807) is 20.2 Å². The van der Waals surface area contributed by atoms with E-state index >= 15 is 0 Å². The fourth-order valence-corrected chi connectivity index (χ4v) is 3.88. The van der Waals surface area contributed by atoms with E-state index in [-0.39, 0.29) is 18.4 Å². The van der Waals surface area contributed by atoms with E-state index in [1.165, 1.54) is 4.90 Å². The molecule has 33 heavy (non-hydrogen) atoms. The third-order valence-electron chi connectivity index (χ3n) is 5.42. The van der Waals surface area contributed by atoms with Crippen molar-refractivity contribution in [2.24, 2.45) is 0 Å². The number of likely N-dealkylation sites (N-methyl/N-ethyl adjacent to an activating group) is 1. The van der Waals surface area contributed by atoms with Crippen LogP contribution in [0, 0.1) is 20.8 Å². The molecular formula is C28H30N2O3. The van der Waals surface area contributed by atoms with Gasteiger partial charge in [0, 0.05) is 23.9 Å². The zero-order valence-corrected chi connectivity index (χ0v) is 19.8. The molecule has 0 radical (unpaired) electrons. The van der Waals surface area contributed by atoms with Gasteiger partial charge in [-0.05, 0) is 49.6 Å². The van der Waals surface area contributed by atoms with Gasteiger partial charge in [-0.15, -0.1) is 0 Å². The summed E-state index contributed by atoms with van der Waals surface area (Å²) in [6, 6.07) is 21.0. The average Bonchev–Trinajstić information content (AvgIpc) is 2.80. The van der Waals surface area contributed by atoms with E-state index < -0.39 is 0 Å². The Morgan fingerprint density at radius 3 is 2.18 bits per heavy atom. The molecule has 3 aromatic carbocycles. The van der Waals surface area contributed by atoms with Gasteiger partial charge >= 0.3 is 0 Å². The first-order chi connectivity index (χ1) is 15.8. The predicted molar refractivity (Wildman–Crippen MR) is 134 cm³/mol. The van der Waals surface area contributed by atoms with Crippen molar-refractivity contribution >= 4 is 29.2 Å². The molecule has 0 saturated carbocycles. The van der Waals surface area contributed by atoms with Gasteiger partial charge in [-0.3, -0.25) is 9.59 Å². The molecule has 0 fully saturated rings. The van der Waals surface area contributed by atoms with Crippen LogP contribution in [0.1, 0.15) is 27.8 Å². The number of nitrogens with one attached hydrogen (secondary N) is 1. The Kier molecular flexibility index (Phi) is 7.67. The number of aryl methyl sites for hydroxylation is 3. The lowest BCUT2D eigenvalue weighted by atomic mass is 10.0. The van der Waals surface area contributed by atoms with Gasteiger partial charge in [0.15, 0.2) is 0 Å². The number of para-hydroxylation sites is 1. The van der Waals surface area contributed by atoms with Crippen LogP contribution >= 0.6 is 0 Å². The summed E-state index contributed by atoms with van der Waals surface area (Å²) in [7, 11) is 3.23. The molecular weight excluding hydrogens is 412 g/mol. The molecule has 0 bridgehead atoms. The van der Waals surface area contributed by atoms with Gasteiger partial charge in [-0.2, -0.15) is 0 Å². The molecule has 0 atom stereocenters. The smallest absolute Gasteiger partial charge is 0.254 e. The van der Waals surface area contributed by atoms with E-state index in [0.29, 0.717) is 11.3 Å². The fraction of sp³-hybridized carbons (Fsp3) is 0.214. The molecule has 2 amide bonds. The Bertz CT molecular complexity index is 1160. The molecule has 0 saturated heterocycles. The summed E-state index contributed by atoms with van der Waals surface area (Å²) in [5.74, 6) is 0.176. The highest BCUT2D eigenvalue weighted by atomic mass is 16.5. The Hall–Kier alpha value is -3.86. The van der Waals surface area contributed by atoms with Gasteiger partial charge in [0.25, 0.3) is 5.91 Å². The quantitative estimate of drug-likeness (QED) is 0.401. The molecule has 5 heteroatoms. The number of nitrogens with zero attached hydrogens (tertiary/aromatic N) is 1. The zero-order chi connectivity index (χ0) is 24.0. The van der Waals surface area contributed by atoms with Crippen LogP contribution in [0.15, 0.2) is 66.7 Å². The lowest BCUT2D eigenvalue weighted by Crippen LogP contribution is -2.35. The van der Waals surface area contributed by atoms with Crippen LogP contribution in [-0.4, -0.2) is 37.4 Å². The third kappa shape index (κ3) is 5.89. The van der Waals surface area contributed by atoms with Crippen molar-refractivity contribution in [3.8, 4) is 5.75 Å². The molecule has 0 aliphatic carbocycles. The molecule has 0 aliphatic rings. The maximum Gasteiger partial charge on any atom is 0.254 e. The van der Waals surface area contributed by atoms with Crippen LogP contribution in [0.3, 0.4) is 0 Å². The number of carbonyl (C=O) groups excluding carboxylic acids is 2. The highest BCUT2D eigenvalue weighted by Crippen LogP contribution is 2.26. The standard InChI is InChI=1S/C28H30N2O3/c1-19-15-20(2)27(21(3)16-19)29-26(31)18-30(4)28(32)24(22-11-7-6-8-12-22)17-23-13-9-10-14-25(23)33-5/h6-17H,18H2,1-5H3,(H,29,31)/b24-17+. The summed E-state index contributed by atoms with van der Waals surface area (Å²) in [5.41, 5.74) is 5.97. The number of carbonyl (C=O) groups is 2. The number of benzene rings is 3. The molecule has 3 aromatic rings. The van der Waals surface area contributed by atoms with Crippen LogP contribution in [0.5, 0.6) is 5.75 Å². The molecule has 0 aliphatic heterocycles. The Morgan fingerprint density at radius 2 is 1.55 bits per heavy atom. The van der Waals surface area contributed by atoms with Crippen molar-refractivity contribution in [1.82, 2.24) is 4.90 Å². The van der Waals surface area contributed by atoms with Gasteiger partial charge < -0.3 is 15.0 Å². The third-order valence-corrected chi connectivity index (χ3v) is 5.42. The number of rotatable bonds is 7. The fourth-order valence-electron chi connectivity index (χ4n) is 3.88. The summed E-state index contributed by atoms with van der Waals surface area (Å²) >= 11 is 0. The monoisotopic (exact) mass is 442 g/mol. The van der Waals surface area contributed by atoms with Crippen LogP contribution in [0.25, 0.3) is 11.6 Å². The normalized spacial score (nSPS) is 11.1. The molecule has 170 valence electrons. The second-order valence-corrected chi connectivity index (χ2v) is 8.15. The predicted octanol–water partition coefficient (Wildman–Crippen LogP) is 5.26. The lowest BCUT2D eigenvalue weighted by Gasteiger charge is -2.20. The van der Waals surface area contributed by atoms with Crippen molar-refractivity contribution in [2.75, 3.05) is 26.0 Å². The van der Waals surface area contributed by atoms with Crippen LogP contribution in [0.4, 0.5) is 5.69 Å². The van der Waals surface area contributed by atoms with Crippen molar-refractivity contribution in [3.05, 3.63) is 94.5 Å². The molecule has 0 aromatic heterocycles. The largest absolute Gasteiger partial charge is 0.496 e. The van der Waals surface area contributed by atoms with Crippen LogP contribution in [-0.2, 0) is 9.59 Å². The van der Waals surface area contributed by atoms with Crippen molar-refractivity contribution in [1.29, 1.82) is 0 Å². The van der Waals surface area contributed by atoms with Crippen molar-refractivity contribution in [2.45, 2.75) is 20.8 Å². The highest BCUT2D eigenvalue weighted by Gasteiger charge is 2.20. The number of amides is 2. The van der Waals surface area contributed by atoms with Gasteiger partial charge in [0.1, 0.15) is 5.75 Å². The van der Waals surface area contributed by atoms with Gasteiger partial charge in [0.05, 0.1) is 13.7 Å². The summed E-state index contributed by atoms with van der Waals surface area (Å²) < 4.78 is 5.45. The van der Waals surface area contributed by atoms with Crippen molar-refractivity contribution < 1.29 is 14.3 Å². The number of anilines is 1. The first-order valence-corrected chi connectivity index (χ1v) is 10.8. The topological polar surface area (TPSA) is 58.6 Å². The Balaban J connectivity index is 1.86. The van der Waals surface area contributed by atoms with Gasteiger partial charge in [0.2, 0.25) is 5.91 Å². The molecule has 0 heterocycles. The minimum Gasteiger partial charge on any atom is -0.496 e. The van der Waals surface area contributed by atoms with Gasteiger partial charge in [-0.1, -0.05) is 66.2 Å². The molecule has 0 spiro atoms. The summed E-state index contributed by atoms with van der Waals surface area (Å²) in [6.45, 7) is 5.89. The zero-order valence-electron chi connectivity index (χ0n) is 19.8.